The fourth-order valence-corrected chi connectivity index (χ4v) is 4.75. The monoisotopic (exact) mass is 626 g/mol. The number of hydrogen-bond acceptors (Lipinski definition) is 9. The SMILES string of the molecule is C=CC(=O)OC(CC)(Oc1ccccc1)Oc1ccc(Sc2ccc(OC(CC)(OC(=O)C=C)Oc3ccccc3)cc2)cc1. The Morgan fingerprint density at radius 2 is 0.867 bits per heavy atom. The van der Waals surface area contributed by atoms with E-state index in [0.717, 1.165) is 21.9 Å². The van der Waals surface area contributed by atoms with E-state index < -0.39 is 23.9 Å². The predicted molar refractivity (Wildman–Crippen MR) is 171 cm³/mol. The Kier molecular flexibility index (Phi) is 11.3. The second-order valence-corrected chi connectivity index (χ2v) is 10.5. The molecule has 0 aliphatic heterocycles. The van der Waals surface area contributed by atoms with Crippen molar-refractivity contribution in [3.05, 3.63) is 135 Å². The van der Waals surface area contributed by atoms with Gasteiger partial charge < -0.3 is 28.4 Å². The van der Waals surface area contributed by atoms with Crippen LogP contribution in [0.5, 0.6) is 23.0 Å². The van der Waals surface area contributed by atoms with E-state index in [-0.39, 0.29) is 12.8 Å². The van der Waals surface area contributed by atoms with E-state index in [2.05, 4.69) is 13.2 Å². The zero-order valence-electron chi connectivity index (χ0n) is 25.0. The van der Waals surface area contributed by atoms with Crippen molar-refractivity contribution in [1.29, 1.82) is 0 Å². The highest BCUT2D eigenvalue weighted by Gasteiger charge is 2.39. The molecule has 0 amide bonds. The molecule has 0 fully saturated rings. The molecule has 0 aliphatic carbocycles. The van der Waals surface area contributed by atoms with Crippen molar-refractivity contribution in [3.63, 3.8) is 0 Å². The maximum Gasteiger partial charge on any atom is 0.419 e. The molecular formula is C36H34O8S. The minimum Gasteiger partial charge on any atom is -0.421 e. The van der Waals surface area contributed by atoms with E-state index in [0.29, 0.717) is 23.0 Å². The van der Waals surface area contributed by atoms with Crippen molar-refractivity contribution in [2.75, 3.05) is 0 Å². The standard InChI is InChI=1S/C36H34O8S/c1-5-33(37)43-35(7-3,39-27-15-11-9-12-16-27)41-29-19-23-31(24-20-29)45-32-25-21-30(22-26-32)42-36(8-4,44-34(38)6-2)40-28-17-13-10-14-18-28/h5-6,9-26H,1-2,7-8H2,3-4H3. The fraction of sp³-hybridized carbons (Fsp3) is 0.167. The van der Waals surface area contributed by atoms with Crippen molar-refractivity contribution in [2.45, 2.75) is 48.4 Å². The van der Waals surface area contributed by atoms with Crippen LogP contribution in [0, 0.1) is 0 Å². The molecule has 8 nitrogen and oxygen atoms in total. The Morgan fingerprint density at radius 1 is 0.556 bits per heavy atom. The summed E-state index contributed by atoms with van der Waals surface area (Å²) in [6, 6.07) is 32.6. The van der Waals surface area contributed by atoms with E-state index in [9.17, 15) is 9.59 Å². The van der Waals surface area contributed by atoms with Crippen LogP contribution in [0.2, 0.25) is 0 Å². The van der Waals surface area contributed by atoms with Crippen LogP contribution < -0.4 is 18.9 Å². The van der Waals surface area contributed by atoms with Crippen molar-refractivity contribution in [1.82, 2.24) is 0 Å². The third kappa shape index (κ3) is 9.42. The first-order valence-electron chi connectivity index (χ1n) is 14.2. The lowest BCUT2D eigenvalue weighted by molar-refractivity contribution is -0.285. The fourth-order valence-electron chi connectivity index (χ4n) is 3.93. The molecule has 0 saturated carbocycles. The summed E-state index contributed by atoms with van der Waals surface area (Å²) >= 11 is 1.52. The van der Waals surface area contributed by atoms with Gasteiger partial charge in [-0.25, -0.2) is 9.59 Å². The van der Waals surface area contributed by atoms with E-state index in [1.807, 2.05) is 60.7 Å². The molecule has 4 rings (SSSR count). The molecule has 0 aromatic heterocycles. The molecule has 232 valence electrons. The Labute approximate surface area is 267 Å². The Hall–Kier alpha value is -5.15. The van der Waals surface area contributed by atoms with E-state index >= 15 is 0 Å². The largest absolute Gasteiger partial charge is 0.421 e. The van der Waals surface area contributed by atoms with Gasteiger partial charge in [-0.15, -0.1) is 0 Å². The van der Waals surface area contributed by atoms with E-state index in [1.54, 1.807) is 62.4 Å². The number of rotatable bonds is 16. The van der Waals surface area contributed by atoms with Gasteiger partial charge >= 0.3 is 23.9 Å². The molecule has 2 atom stereocenters. The molecule has 2 unspecified atom stereocenters. The zero-order chi connectivity index (χ0) is 32.1. The molecule has 0 aliphatic rings. The van der Waals surface area contributed by atoms with Crippen LogP contribution in [0.3, 0.4) is 0 Å². The second kappa shape index (κ2) is 15.5. The number of hydrogen-bond donors (Lipinski definition) is 0. The highest BCUT2D eigenvalue weighted by molar-refractivity contribution is 7.99. The molecule has 0 saturated heterocycles. The predicted octanol–water partition coefficient (Wildman–Crippen LogP) is 8.34. The number of para-hydroxylation sites is 2. The highest BCUT2D eigenvalue weighted by Crippen LogP contribution is 2.34. The smallest absolute Gasteiger partial charge is 0.419 e. The first-order chi connectivity index (χ1) is 21.8. The van der Waals surface area contributed by atoms with Gasteiger partial charge in [-0.05, 0) is 72.8 Å². The van der Waals surface area contributed by atoms with Crippen LogP contribution in [0.15, 0.2) is 144 Å². The normalized spacial score (nSPS) is 13.2. The van der Waals surface area contributed by atoms with Gasteiger partial charge in [0.1, 0.15) is 23.0 Å². The topological polar surface area (TPSA) is 89.5 Å². The summed E-state index contributed by atoms with van der Waals surface area (Å²) in [6.07, 6.45) is 2.55. The summed E-state index contributed by atoms with van der Waals surface area (Å²) in [4.78, 5) is 26.1. The minimum atomic E-state index is -1.69. The van der Waals surface area contributed by atoms with Crippen molar-refractivity contribution < 1.29 is 38.0 Å². The van der Waals surface area contributed by atoms with Crippen molar-refractivity contribution in [2.24, 2.45) is 0 Å². The molecule has 0 bridgehead atoms. The van der Waals surface area contributed by atoms with Crippen LogP contribution in [-0.2, 0) is 19.1 Å². The zero-order valence-corrected chi connectivity index (χ0v) is 25.9. The van der Waals surface area contributed by atoms with Gasteiger partial charge in [0.2, 0.25) is 0 Å². The van der Waals surface area contributed by atoms with Crippen LogP contribution >= 0.6 is 11.8 Å². The molecule has 0 spiro atoms. The third-order valence-electron chi connectivity index (χ3n) is 6.17. The van der Waals surface area contributed by atoms with Crippen molar-refractivity contribution in [3.8, 4) is 23.0 Å². The maximum absolute atomic E-state index is 12.1. The van der Waals surface area contributed by atoms with Gasteiger partial charge in [0.05, 0.1) is 12.8 Å². The molecule has 0 heterocycles. The highest BCUT2D eigenvalue weighted by atomic mass is 32.2. The van der Waals surface area contributed by atoms with Crippen LogP contribution in [0.4, 0.5) is 0 Å². The Balaban J connectivity index is 1.45. The average Bonchev–Trinajstić information content (AvgIpc) is 3.07. The summed E-state index contributed by atoms with van der Waals surface area (Å²) in [5.41, 5.74) is 0. The van der Waals surface area contributed by atoms with E-state index in [4.69, 9.17) is 28.4 Å². The average molecular weight is 627 g/mol. The summed E-state index contributed by atoms with van der Waals surface area (Å²) in [6.45, 7) is 10.5. The lowest BCUT2D eigenvalue weighted by atomic mass is 10.3. The lowest BCUT2D eigenvalue weighted by Gasteiger charge is -2.32. The number of benzene rings is 4. The van der Waals surface area contributed by atoms with E-state index in [1.165, 1.54) is 11.8 Å². The summed E-state index contributed by atoms with van der Waals surface area (Å²) in [5, 5.41) is 0. The third-order valence-corrected chi connectivity index (χ3v) is 7.19. The van der Waals surface area contributed by atoms with Crippen LogP contribution in [0.25, 0.3) is 0 Å². The number of carbonyl (C=O) groups is 2. The second-order valence-electron chi connectivity index (χ2n) is 9.40. The Bertz CT molecular complexity index is 1440. The summed E-state index contributed by atoms with van der Waals surface area (Å²) in [5.74, 6) is -2.86. The van der Waals surface area contributed by atoms with Gasteiger partial charge in [-0.2, -0.15) is 0 Å². The van der Waals surface area contributed by atoms with Gasteiger partial charge in [-0.3, -0.25) is 0 Å². The number of ether oxygens (including phenoxy) is 6. The van der Waals surface area contributed by atoms with Crippen LogP contribution in [0.1, 0.15) is 26.7 Å². The lowest BCUT2D eigenvalue weighted by Crippen LogP contribution is -2.46. The minimum absolute atomic E-state index is 0.217. The molecule has 0 N–H and O–H groups in total. The molecule has 4 aromatic carbocycles. The molecule has 9 heteroatoms. The van der Waals surface area contributed by atoms with Crippen LogP contribution in [-0.4, -0.2) is 23.9 Å². The molecule has 4 aromatic rings. The number of carbonyl (C=O) groups excluding carboxylic acids is 2. The first kappa shape index (κ1) is 32.8. The molecule has 45 heavy (non-hydrogen) atoms. The maximum atomic E-state index is 12.1. The molecule has 0 radical (unpaired) electrons. The van der Waals surface area contributed by atoms with Gasteiger partial charge in [0, 0.05) is 21.9 Å². The number of esters is 2. The first-order valence-corrected chi connectivity index (χ1v) is 15.1. The Morgan fingerprint density at radius 3 is 1.16 bits per heavy atom. The quantitative estimate of drug-likeness (QED) is 0.0692. The van der Waals surface area contributed by atoms with Gasteiger partial charge in [-0.1, -0.05) is 75.2 Å². The van der Waals surface area contributed by atoms with Gasteiger partial charge in [0.15, 0.2) is 0 Å². The summed E-state index contributed by atoms with van der Waals surface area (Å²) in [7, 11) is 0. The molecular weight excluding hydrogens is 592 g/mol. The van der Waals surface area contributed by atoms with Gasteiger partial charge in [0.25, 0.3) is 0 Å². The summed E-state index contributed by atoms with van der Waals surface area (Å²) < 4.78 is 35.2. The van der Waals surface area contributed by atoms with Crippen molar-refractivity contribution >= 4 is 23.7 Å².